The van der Waals surface area contributed by atoms with Crippen LogP contribution in [0.4, 0.5) is 0 Å². The third kappa shape index (κ3) is 4.00. The highest BCUT2D eigenvalue weighted by molar-refractivity contribution is 5.94. The number of carbonyl (C=O) groups is 1. The van der Waals surface area contributed by atoms with Crippen molar-refractivity contribution in [2.45, 2.75) is 6.92 Å². The van der Waals surface area contributed by atoms with Crippen LogP contribution in [0.1, 0.15) is 16.1 Å². The molecule has 1 aromatic heterocycles. The lowest BCUT2D eigenvalue weighted by atomic mass is 10.2. The third-order valence-electron chi connectivity index (χ3n) is 2.07. The van der Waals surface area contributed by atoms with Gasteiger partial charge in [0, 0.05) is 26.7 Å². The number of rotatable bonds is 7. The molecule has 0 saturated heterocycles. The zero-order chi connectivity index (χ0) is 11.8. The van der Waals surface area contributed by atoms with E-state index in [9.17, 15) is 4.79 Å². The monoisotopic (exact) mass is 227 g/mol. The van der Waals surface area contributed by atoms with Crippen LogP contribution < -0.4 is 10.6 Å². The second-order valence-corrected chi connectivity index (χ2v) is 3.29. The summed E-state index contributed by atoms with van der Waals surface area (Å²) in [6.07, 6.45) is 1.42. The summed E-state index contributed by atoms with van der Waals surface area (Å²) in [6.45, 7) is 4.42. The maximum Gasteiger partial charge on any atom is 0.256 e. The molecule has 0 fully saturated rings. The van der Waals surface area contributed by atoms with Gasteiger partial charge in [-0.05, 0) is 6.92 Å². The second-order valence-electron chi connectivity index (χ2n) is 3.29. The van der Waals surface area contributed by atoms with Gasteiger partial charge in [0.1, 0.15) is 11.3 Å². The minimum atomic E-state index is -0.160. The summed E-state index contributed by atoms with van der Waals surface area (Å²) in [7, 11) is 1.65. The highest BCUT2D eigenvalue weighted by Gasteiger charge is 2.11. The fraction of sp³-hybridized carbons (Fsp3) is 0.600. The average molecular weight is 227 g/mol. The molecule has 2 N–H and O–H groups in total. The molecule has 16 heavy (non-hydrogen) atoms. The van der Waals surface area contributed by atoms with E-state index in [2.05, 4.69) is 15.8 Å². The largest absolute Gasteiger partial charge is 0.383 e. The van der Waals surface area contributed by atoms with Gasteiger partial charge in [-0.2, -0.15) is 0 Å². The fourth-order valence-electron chi connectivity index (χ4n) is 1.18. The number of aromatic nitrogens is 1. The zero-order valence-electron chi connectivity index (χ0n) is 9.58. The van der Waals surface area contributed by atoms with Crippen molar-refractivity contribution in [3.05, 3.63) is 17.5 Å². The van der Waals surface area contributed by atoms with Crippen LogP contribution >= 0.6 is 0 Å². The van der Waals surface area contributed by atoms with Gasteiger partial charge in [0.2, 0.25) is 0 Å². The number of hydrogen-bond donors (Lipinski definition) is 2. The van der Waals surface area contributed by atoms with Crippen LogP contribution in [0.5, 0.6) is 0 Å². The van der Waals surface area contributed by atoms with Crippen LogP contribution in [0.2, 0.25) is 0 Å². The number of ether oxygens (including phenoxy) is 1. The van der Waals surface area contributed by atoms with Crippen molar-refractivity contribution in [1.29, 1.82) is 0 Å². The van der Waals surface area contributed by atoms with E-state index < -0.39 is 0 Å². The lowest BCUT2D eigenvalue weighted by Crippen LogP contribution is -2.33. The maximum atomic E-state index is 11.6. The van der Waals surface area contributed by atoms with Crippen LogP contribution in [0.3, 0.4) is 0 Å². The molecule has 0 aliphatic rings. The molecule has 1 aromatic rings. The number of nitrogens with zero attached hydrogens (tertiary/aromatic N) is 1. The SMILES string of the molecule is COCCNCCNC(=O)c1cnoc1C. The second kappa shape index (κ2) is 6.97. The molecular weight excluding hydrogens is 210 g/mol. The number of amides is 1. The predicted octanol–water partition coefficient (Wildman–Crippen LogP) is -0.0512. The number of methoxy groups -OCH3 is 1. The Morgan fingerprint density at radius 3 is 2.94 bits per heavy atom. The Balaban J connectivity index is 2.14. The van der Waals surface area contributed by atoms with Crippen molar-refractivity contribution in [3.63, 3.8) is 0 Å². The molecule has 0 aliphatic heterocycles. The molecule has 90 valence electrons. The topological polar surface area (TPSA) is 76.4 Å². The molecule has 6 nitrogen and oxygen atoms in total. The molecule has 0 unspecified atom stereocenters. The first-order chi connectivity index (χ1) is 7.75. The van der Waals surface area contributed by atoms with Crippen LogP contribution in [0.25, 0.3) is 0 Å². The van der Waals surface area contributed by atoms with E-state index in [0.717, 1.165) is 6.54 Å². The van der Waals surface area contributed by atoms with Crippen molar-refractivity contribution in [1.82, 2.24) is 15.8 Å². The summed E-state index contributed by atoms with van der Waals surface area (Å²) in [5.41, 5.74) is 0.483. The van der Waals surface area contributed by atoms with E-state index in [-0.39, 0.29) is 5.91 Å². The molecule has 6 heteroatoms. The van der Waals surface area contributed by atoms with Crippen molar-refractivity contribution in [3.8, 4) is 0 Å². The smallest absolute Gasteiger partial charge is 0.256 e. The van der Waals surface area contributed by atoms with Gasteiger partial charge in [-0.25, -0.2) is 0 Å². The first-order valence-corrected chi connectivity index (χ1v) is 5.15. The normalized spacial score (nSPS) is 10.4. The van der Waals surface area contributed by atoms with Crippen molar-refractivity contribution < 1.29 is 14.1 Å². The molecule has 0 spiro atoms. The summed E-state index contributed by atoms with van der Waals surface area (Å²) in [5.74, 6) is 0.372. The van der Waals surface area contributed by atoms with Gasteiger partial charge in [-0.3, -0.25) is 4.79 Å². The van der Waals surface area contributed by atoms with Gasteiger partial charge >= 0.3 is 0 Å². The molecule has 0 bridgehead atoms. The van der Waals surface area contributed by atoms with Crippen LogP contribution in [0, 0.1) is 6.92 Å². The van der Waals surface area contributed by atoms with Gasteiger partial charge in [0.15, 0.2) is 0 Å². The number of hydrogen-bond acceptors (Lipinski definition) is 5. The highest BCUT2D eigenvalue weighted by atomic mass is 16.5. The summed E-state index contributed by atoms with van der Waals surface area (Å²) >= 11 is 0. The Labute approximate surface area is 94.3 Å². The van der Waals surface area contributed by atoms with Crippen LogP contribution in [0.15, 0.2) is 10.7 Å². The molecule has 0 atom stereocenters. The summed E-state index contributed by atoms with van der Waals surface area (Å²) in [6, 6.07) is 0. The van der Waals surface area contributed by atoms with Crippen molar-refractivity contribution >= 4 is 5.91 Å². The first kappa shape index (κ1) is 12.7. The van der Waals surface area contributed by atoms with E-state index in [1.165, 1.54) is 6.20 Å². The van der Waals surface area contributed by atoms with Crippen LogP contribution in [-0.2, 0) is 4.74 Å². The molecule has 0 aromatic carbocycles. The number of carbonyl (C=O) groups excluding carboxylic acids is 1. The Kier molecular flexibility index (Phi) is 5.52. The van der Waals surface area contributed by atoms with E-state index in [1.54, 1.807) is 14.0 Å². The lowest BCUT2D eigenvalue weighted by Gasteiger charge is -2.05. The minimum Gasteiger partial charge on any atom is -0.383 e. The van der Waals surface area contributed by atoms with Crippen molar-refractivity contribution in [2.24, 2.45) is 0 Å². The van der Waals surface area contributed by atoms with E-state index >= 15 is 0 Å². The third-order valence-corrected chi connectivity index (χ3v) is 2.07. The molecule has 1 amide bonds. The lowest BCUT2D eigenvalue weighted by molar-refractivity contribution is 0.0952. The molecule has 1 rings (SSSR count). The summed E-state index contributed by atoms with van der Waals surface area (Å²) in [4.78, 5) is 11.6. The van der Waals surface area contributed by atoms with Crippen LogP contribution in [-0.4, -0.2) is 44.4 Å². The minimum absolute atomic E-state index is 0.160. The molecule has 0 radical (unpaired) electrons. The molecule has 0 saturated carbocycles. The standard InChI is InChI=1S/C10H17N3O3/c1-8-9(7-13-16-8)10(14)12-4-3-11-5-6-15-2/h7,11H,3-6H2,1-2H3,(H,12,14). The van der Waals surface area contributed by atoms with E-state index in [0.29, 0.717) is 31.0 Å². The first-order valence-electron chi connectivity index (χ1n) is 5.15. The van der Waals surface area contributed by atoms with E-state index in [4.69, 9.17) is 9.26 Å². The maximum absolute atomic E-state index is 11.6. The average Bonchev–Trinajstić information content (AvgIpc) is 2.69. The summed E-state index contributed by atoms with van der Waals surface area (Å²) in [5, 5.41) is 9.43. The Bertz CT molecular complexity index is 325. The Morgan fingerprint density at radius 1 is 1.50 bits per heavy atom. The van der Waals surface area contributed by atoms with Gasteiger partial charge in [-0.1, -0.05) is 5.16 Å². The molecule has 0 aliphatic carbocycles. The molecule has 1 heterocycles. The highest BCUT2D eigenvalue weighted by Crippen LogP contribution is 2.04. The Morgan fingerprint density at radius 2 is 2.31 bits per heavy atom. The van der Waals surface area contributed by atoms with Crippen molar-refractivity contribution in [2.75, 3.05) is 33.4 Å². The van der Waals surface area contributed by atoms with Gasteiger partial charge < -0.3 is 19.9 Å². The molecular formula is C10H17N3O3. The zero-order valence-corrected chi connectivity index (χ0v) is 9.58. The Hall–Kier alpha value is -1.40. The number of aryl methyl sites for hydroxylation is 1. The van der Waals surface area contributed by atoms with E-state index in [1.807, 2.05) is 0 Å². The quantitative estimate of drug-likeness (QED) is 0.639. The summed E-state index contributed by atoms with van der Waals surface area (Å²) < 4.78 is 9.68. The van der Waals surface area contributed by atoms with Gasteiger partial charge in [0.25, 0.3) is 5.91 Å². The van der Waals surface area contributed by atoms with Gasteiger partial charge in [-0.15, -0.1) is 0 Å². The number of nitrogens with one attached hydrogen (secondary N) is 2. The predicted molar refractivity (Wildman–Crippen MR) is 58.3 cm³/mol. The van der Waals surface area contributed by atoms with Gasteiger partial charge in [0.05, 0.1) is 12.8 Å². The fourth-order valence-corrected chi connectivity index (χ4v) is 1.18.